The standard InChI is InChI=1S/C23H31FN2O4/c1-28-21-9-6-18(22(29-2)23(21)30-3)15-25-11-12-26(20(16-25)10-13-27)14-17-4-7-19(24)8-5-17/h4-9,20,27H,10-16H2,1-3H3/t20-/m1/s1. The van der Waals surface area contributed by atoms with Crippen LogP contribution in [0.3, 0.4) is 0 Å². The molecule has 6 nitrogen and oxygen atoms in total. The van der Waals surface area contributed by atoms with Gasteiger partial charge >= 0.3 is 0 Å². The molecule has 0 saturated carbocycles. The molecule has 0 spiro atoms. The largest absolute Gasteiger partial charge is 0.493 e. The first kappa shape index (κ1) is 22.3. The Morgan fingerprint density at radius 1 is 0.933 bits per heavy atom. The Hall–Kier alpha value is -2.35. The average molecular weight is 419 g/mol. The van der Waals surface area contributed by atoms with Gasteiger partial charge in [-0.1, -0.05) is 18.2 Å². The van der Waals surface area contributed by atoms with Crippen molar-refractivity contribution in [2.75, 3.05) is 47.6 Å². The fourth-order valence-corrected chi connectivity index (χ4v) is 4.08. The quantitative estimate of drug-likeness (QED) is 0.676. The van der Waals surface area contributed by atoms with E-state index in [0.29, 0.717) is 23.7 Å². The van der Waals surface area contributed by atoms with Crippen molar-refractivity contribution in [3.05, 3.63) is 53.3 Å². The predicted octanol–water partition coefficient (Wildman–Crippen LogP) is 2.92. The second-order valence-corrected chi connectivity index (χ2v) is 7.49. The van der Waals surface area contributed by atoms with Crippen LogP contribution in [0.25, 0.3) is 0 Å². The number of methoxy groups -OCH3 is 3. The summed E-state index contributed by atoms with van der Waals surface area (Å²) in [5.74, 6) is 1.70. The second kappa shape index (κ2) is 10.6. The molecule has 2 aromatic rings. The summed E-state index contributed by atoms with van der Waals surface area (Å²) >= 11 is 0. The van der Waals surface area contributed by atoms with E-state index in [-0.39, 0.29) is 18.5 Å². The lowest BCUT2D eigenvalue weighted by Gasteiger charge is -2.41. The number of halogens is 1. The van der Waals surface area contributed by atoms with Crippen LogP contribution < -0.4 is 14.2 Å². The minimum absolute atomic E-state index is 0.137. The second-order valence-electron chi connectivity index (χ2n) is 7.49. The first-order chi connectivity index (χ1) is 14.6. The molecule has 7 heteroatoms. The van der Waals surface area contributed by atoms with Gasteiger partial charge in [0.15, 0.2) is 11.5 Å². The summed E-state index contributed by atoms with van der Waals surface area (Å²) in [6.45, 7) is 4.20. The first-order valence-electron chi connectivity index (χ1n) is 10.2. The zero-order valence-corrected chi connectivity index (χ0v) is 17.9. The van der Waals surface area contributed by atoms with E-state index in [2.05, 4.69) is 9.80 Å². The van der Waals surface area contributed by atoms with Crippen LogP contribution in [-0.2, 0) is 13.1 Å². The average Bonchev–Trinajstić information content (AvgIpc) is 2.76. The maximum atomic E-state index is 13.2. The van der Waals surface area contributed by atoms with Crippen LogP contribution in [0.1, 0.15) is 17.5 Å². The van der Waals surface area contributed by atoms with Gasteiger partial charge in [0.2, 0.25) is 5.75 Å². The van der Waals surface area contributed by atoms with Crippen LogP contribution in [0.4, 0.5) is 4.39 Å². The van der Waals surface area contributed by atoms with Gasteiger partial charge in [0, 0.05) is 50.9 Å². The highest BCUT2D eigenvalue weighted by Gasteiger charge is 2.28. The zero-order valence-electron chi connectivity index (χ0n) is 17.9. The van der Waals surface area contributed by atoms with E-state index >= 15 is 0 Å². The summed E-state index contributed by atoms with van der Waals surface area (Å²) in [6.07, 6.45) is 0.695. The van der Waals surface area contributed by atoms with Crippen molar-refractivity contribution in [2.45, 2.75) is 25.6 Å². The van der Waals surface area contributed by atoms with Crippen molar-refractivity contribution in [3.63, 3.8) is 0 Å². The number of hydrogen-bond donors (Lipinski definition) is 1. The van der Waals surface area contributed by atoms with E-state index in [1.54, 1.807) is 21.3 Å². The molecule has 1 fully saturated rings. The Balaban J connectivity index is 1.71. The van der Waals surface area contributed by atoms with E-state index in [9.17, 15) is 9.50 Å². The minimum Gasteiger partial charge on any atom is -0.493 e. The summed E-state index contributed by atoms with van der Waals surface area (Å²) in [5.41, 5.74) is 2.11. The number of aliphatic hydroxyl groups is 1. The lowest BCUT2D eigenvalue weighted by atomic mass is 10.1. The number of aliphatic hydroxyl groups excluding tert-OH is 1. The monoisotopic (exact) mass is 418 g/mol. The Labute approximate surface area is 177 Å². The van der Waals surface area contributed by atoms with Crippen LogP contribution >= 0.6 is 0 Å². The van der Waals surface area contributed by atoms with Gasteiger partial charge in [-0.2, -0.15) is 0 Å². The SMILES string of the molecule is COc1ccc(CN2CCN(Cc3ccc(F)cc3)[C@H](CCO)C2)c(OC)c1OC. The molecule has 1 aliphatic rings. The molecule has 1 heterocycles. The normalized spacial score (nSPS) is 17.7. The fourth-order valence-electron chi connectivity index (χ4n) is 4.08. The van der Waals surface area contributed by atoms with Gasteiger partial charge in [-0.15, -0.1) is 0 Å². The number of rotatable bonds is 9. The molecule has 1 N–H and O–H groups in total. The Morgan fingerprint density at radius 2 is 1.67 bits per heavy atom. The van der Waals surface area contributed by atoms with E-state index in [0.717, 1.165) is 43.9 Å². The predicted molar refractivity (Wildman–Crippen MR) is 114 cm³/mol. The van der Waals surface area contributed by atoms with Crippen LogP contribution in [0.2, 0.25) is 0 Å². The molecule has 0 aliphatic carbocycles. The zero-order chi connectivity index (χ0) is 21.5. The van der Waals surface area contributed by atoms with E-state index in [1.165, 1.54) is 12.1 Å². The third-order valence-electron chi connectivity index (χ3n) is 5.63. The summed E-state index contributed by atoms with van der Waals surface area (Å²) in [6, 6.07) is 10.8. The van der Waals surface area contributed by atoms with Crippen molar-refractivity contribution in [1.82, 2.24) is 9.80 Å². The van der Waals surface area contributed by atoms with Crippen LogP contribution in [-0.4, -0.2) is 68.5 Å². The number of benzene rings is 2. The van der Waals surface area contributed by atoms with Crippen molar-refractivity contribution in [2.24, 2.45) is 0 Å². The molecule has 30 heavy (non-hydrogen) atoms. The maximum Gasteiger partial charge on any atom is 0.203 e. The van der Waals surface area contributed by atoms with Crippen molar-refractivity contribution in [1.29, 1.82) is 0 Å². The lowest BCUT2D eigenvalue weighted by Crippen LogP contribution is -2.52. The molecule has 0 radical (unpaired) electrons. The molecular formula is C23H31FN2O4. The highest BCUT2D eigenvalue weighted by atomic mass is 19.1. The summed E-state index contributed by atoms with van der Waals surface area (Å²) < 4.78 is 29.7. The third-order valence-corrected chi connectivity index (χ3v) is 5.63. The smallest absolute Gasteiger partial charge is 0.203 e. The first-order valence-corrected chi connectivity index (χ1v) is 10.2. The van der Waals surface area contributed by atoms with Crippen LogP contribution in [0.15, 0.2) is 36.4 Å². The molecule has 1 atom stereocenters. The van der Waals surface area contributed by atoms with Crippen LogP contribution in [0.5, 0.6) is 17.2 Å². The molecule has 0 amide bonds. The molecule has 3 rings (SSSR count). The van der Waals surface area contributed by atoms with Crippen molar-refractivity contribution < 1.29 is 23.7 Å². The summed E-state index contributed by atoms with van der Waals surface area (Å²) in [7, 11) is 4.85. The highest BCUT2D eigenvalue weighted by molar-refractivity contribution is 5.55. The van der Waals surface area contributed by atoms with Gasteiger partial charge in [0.05, 0.1) is 21.3 Å². The van der Waals surface area contributed by atoms with E-state index in [4.69, 9.17) is 14.2 Å². The molecule has 1 saturated heterocycles. The molecule has 0 bridgehead atoms. The Bertz CT molecular complexity index is 816. The number of hydrogen-bond acceptors (Lipinski definition) is 6. The highest BCUT2D eigenvalue weighted by Crippen LogP contribution is 2.40. The molecular weight excluding hydrogens is 387 g/mol. The fraction of sp³-hybridized carbons (Fsp3) is 0.478. The molecule has 0 unspecified atom stereocenters. The van der Waals surface area contributed by atoms with Gasteiger partial charge in [-0.05, 0) is 30.2 Å². The maximum absolute atomic E-state index is 13.2. The number of piperazine rings is 1. The number of ether oxygens (including phenoxy) is 3. The lowest BCUT2D eigenvalue weighted by molar-refractivity contribution is 0.0495. The van der Waals surface area contributed by atoms with E-state index < -0.39 is 0 Å². The third kappa shape index (κ3) is 5.22. The van der Waals surface area contributed by atoms with Crippen LogP contribution in [0, 0.1) is 5.82 Å². The molecule has 0 aromatic heterocycles. The Kier molecular flexibility index (Phi) is 7.90. The molecule has 164 valence electrons. The topological polar surface area (TPSA) is 54.4 Å². The summed E-state index contributed by atoms with van der Waals surface area (Å²) in [5, 5.41) is 9.58. The minimum atomic E-state index is -0.223. The molecule has 1 aliphatic heterocycles. The van der Waals surface area contributed by atoms with Gasteiger partial charge in [-0.25, -0.2) is 4.39 Å². The van der Waals surface area contributed by atoms with Gasteiger partial charge < -0.3 is 19.3 Å². The van der Waals surface area contributed by atoms with Gasteiger partial charge in [-0.3, -0.25) is 9.80 Å². The number of nitrogens with zero attached hydrogens (tertiary/aromatic N) is 2. The molecule has 2 aromatic carbocycles. The van der Waals surface area contributed by atoms with Crippen molar-refractivity contribution in [3.8, 4) is 17.2 Å². The van der Waals surface area contributed by atoms with Gasteiger partial charge in [0.25, 0.3) is 0 Å². The van der Waals surface area contributed by atoms with E-state index in [1.807, 2.05) is 24.3 Å². The Morgan fingerprint density at radius 3 is 2.30 bits per heavy atom. The van der Waals surface area contributed by atoms with Crippen molar-refractivity contribution >= 4 is 0 Å². The van der Waals surface area contributed by atoms with Gasteiger partial charge in [0.1, 0.15) is 5.82 Å². The summed E-state index contributed by atoms with van der Waals surface area (Å²) in [4.78, 5) is 4.73.